The number of aryl methyl sites for hydroxylation is 1. The molecule has 0 atom stereocenters. The van der Waals surface area contributed by atoms with Crippen LogP contribution in [0.2, 0.25) is 0 Å². The van der Waals surface area contributed by atoms with Crippen LogP contribution < -0.4 is 5.69 Å². The van der Waals surface area contributed by atoms with Gasteiger partial charge >= 0.3 is 11.7 Å². The first-order chi connectivity index (χ1) is 20.5. The van der Waals surface area contributed by atoms with Gasteiger partial charge in [-0.1, -0.05) is 42.5 Å². The van der Waals surface area contributed by atoms with Gasteiger partial charge in [0.05, 0.1) is 16.6 Å². The number of aromatic amines is 1. The fourth-order valence-electron chi connectivity index (χ4n) is 6.09. The zero-order chi connectivity index (χ0) is 29.1. The van der Waals surface area contributed by atoms with Crippen molar-refractivity contribution in [2.75, 3.05) is 13.1 Å². The van der Waals surface area contributed by atoms with Crippen LogP contribution in [0.15, 0.2) is 83.7 Å². The molecule has 3 heterocycles. The van der Waals surface area contributed by atoms with Gasteiger partial charge in [0.25, 0.3) is 5.91 Å². The Morgan fingerprint density at radius 1 is 0.929 bits per heavy atom. The van der Waals surface area contributed by atoms with Gasteiger partial charge in [0, 0.05) is 48.6 Å². The fraction of sp³-hybridized carbons (Fsp3) is 0.294. The number of aliphatic carboxylic acids is 1. The topological polar surface area (TPSA) is 108 Å². The molecule has 42 heavy (non-hydrogen) atoms. The maximum atomic E-state index is 13.6. The Morgan fingerprint density at radius 2 is 1.69 bits per heavy atom. The summed E-state index contributed by atoms with van der Waals surface area (Å²) in [6, 6.07) is 25.8. The van der Waals surface area contributed by atoms with Crippen molar-refractivity contribution in [2.45, 2.75) is 51.0 Å². The van der Waals surface area contributed by atoms with Gasteiger partial charge in [0.1, 0.15) is 0 Å². The second-order valence-electron chi connectivity index (χ2n) is 11.1. The van der Waals surface area contributed by atoms with Gasteiger partial charge in [-0.2, -0.15) is 0 Å². The lowest BCUT2D eigenvalue weighted by Crippen LogP contribution is -2.40. The number of amides is 1. The molecule has 0 aliphatic carbocycles. The molecule has 8 heteroatoms. The van der Waals surface area contributed by atoms with Gasteiger partial charge in [0.15, 0.2) is 0 Å². The summed E-state index contributed by atoms with van der Waals surface area (Å²) in [5.74, 6) is -0.796. The van der Waals surface area contributed by atoms with Gasteiger partial charge in [-0.25, -0.2) is 4.79 Å². The number of aromatic nitrogens is 3. The smallest absolute Gasteiger partial charge is 0.326 e. The van der Waals surface area contributed by atoms with Crippen molar-refractivity contribution in [3.05, 3.63) is 112 Å². The number of para-hydroxylation sites is 2. The van der Waals surface area contributed by atoms with E-state index in [2.05, 4.69) is 23.2 Å². The highest BCUT2D eigenvalue weighted by Gasteiger charge is 2.27. The SMILES string of the molecule is O=C(O)CCCCc1cc2cc(C(=O)N3CCC(n4c(=O)[nH]c5ccccc54)CC3)ccc2nc1Cc1ccccc1. The molecule has 6 rings (SSSR count). The van der Waals surface area contributed by atoms with E-state index in [1.54, 1.807) is 0 Å². The first kappa shape index (κ1) is 27.4. The van der Waals surface area contributed by atoms with Crippen LogP contribution in [0.1, 0.15) is 65.3 Å². The van der Waals surface area contributed by atoms with E-state index in [4.69, 9.17) is 10.1 Å². The molecule has 1 aliphatic heterocycles. The summed E-state index contributed by atoms with van der Waals surface area (Å²) in [7, 11) is 0. The van der Waals surface area contributed by atoms with Crippen molar-refractivity contribution in [3.63, 3.8) is 0 Å². The second kappa shape index (κ2) is 12.0. The Kier molecular flexibility index (Phi) is 7.86. The van der Waals surface area contributed by atoms with E-state index in [1.165, 1.54) is 5.56 Å². The molecule has 0 unspecified atom stereocenters. The van der Waals surface area contributed by atoms with Crippen molar-refractivity contribution in [1.29, 1.82) is 0 Å². The van der Waals surface area contributed by atoms with E-state index in [9.17, 15) is 14.4 Å². The average Bonchev–Trinajstić information content (AvgIpc) is 3.35. The van der Waals surface area contributed by atoms with Gasteiger partial charge < -0.3 is 15.0 Å². The number of pyridine rings is 1. The number of piperidine rings is 1. The number of unbranched alkanes of at least 4 members (excludes halogenated alkanes) is 1. The van der Waals surface area contributed by atoms with Gasteiger partial charge in [-0.3, -0.25) is 19.1 Å². The van der Waals surface area contributed by atoms with E-state index in [-0.39, 0.29) is 24.1 Å². The average molecular weight is 563 g/mol. The van der Waals surface area contributed by atoms with E-state index < -0.39 is 5.97 Å². The number of hydrogen-bond donors (Lipinski definition) is 2. The summed E-state index contributed by atoms with van der Waals surface area (Å²) in [5, 5.41) is 9.95. The normalized spacial score (nSPS) is 14.0. The van der Waals surface area contributed by atoms with Crippen molar-refractivity contribution in [2.24, 2.45) is 0 Å². The van der Waals surface area contributed by atoms with E-state index in [1.807, 2.05) is 70.1 Å². The van der Waals surface area contributed by atoms with Crippen LogP contribution in [0.3, 0.4) is 0 Å². The summed E-state index contributed by atoms with van der Waals surface area (Å²) < 4.78 is 1.84. The molecule has 2 aromatic heterocycles. The molecule has 1 saturated heterocycles. The van der Waals surface area contributed by atoms with Gasteiger partial charge in [0.2, 0.25) is 0 Å². The Morgan fingerprint density at radius 3 is 2.48 bits per heavy atom. The Labute approximate surface area is 243 Å². The lowest BCUT2D eigenvalue weighted by atomic mass is 9.97. The van der Waals surface area contributed by atoms with Crippen molar-refractivity contribution >= 4 is 33.8 Å². The van der Waals surface area contributed by atoms with Gasteiger partial charge in [-0.15, -0.1) is 0 Å². The number of fused-ring (bicyclic) bond motifs is 2. The number of likely N-dealkylation sites (tertiary alicyclic amines) is 1. The van der Waals surface area contributed by atoms with Crippen molar-refractivity contribution in [3.8, 4) is 0 Å². The summed E-state index contributed by atoms with van der Waals surface area (Å²) in [4.78, 5) is 47.0. The van der Waals surface area contributed by atoms with Crippen molar-refractivity contribution in [1.82, 2.24) is 19.4 Å². The molecule has 0 bridgehead atoms. The summed E-state index contributed by atoms with van der Waals surface area (Å²) in [5.41, 5.74) is 6.33. The van der Waals surface area contributed by atoms with E-state index >= 15 is 0 Å². The molecule has 3 aromatic carbocycles. The molecule has 0 spiro atoms. The molecule has 5 aromatic rings. The molecular formula is C34H34N4O4. The number of H-pyrrole nitrogens is 1. The third-order valence-corrected chi connectivity index (χ3v) is 8.27. The summed E-state index contributed by atoms with van der Waals surface area (Å²) in [6.07, 6.45) is 4.38. The van der Waals surface area contributed by atoms with Crippen LogP contribution in [-0.4, -0.2) is 49.5 Å². The number of carboxylic acids is 1. The first-order valence-electron chi connectivity index (χ1n) is 14.6. The number of nitrogens with one attached hydrogen (secondary N) is 1. The highest BCUT2D eigenvalue weighted by atomic mass is 16.4. The lowest BCUT2D eigenvalue weighted by molar-refractivity contribution is -0.137. The minimum absolute atomic E-state index is 0.0157. The second-order valence-corrected chi connectivity index (χ2v) is 11.1. The van der Waals surface area contributed by atoms with Crippen LogP contribution in [-0.2, 0) is 17.6 Å². The fourth-order valence-corrected chi connectivity index (χ4v) is 6.09. The molecule has 0 saturated carbocycles. The number of benzene rings is 3. The Bertz CT molecular complexity index is 1800. The van der Waals surface area contributed by atoms with E-state index in [0.29, 0.717) is 44.3 Å². The summed E-state index contributed by atoms with van der Waals surface area (Å²) >= 11 is 0. The minimum Gasteiger partial charge on any atom is -0.481 e. The number of hydrogen-bond acceptors (Lipinski definition) is 4. The number of imidazole rings is 1. The molecule has 214 valence electrons. The monoisotopic (exact) mass is 562 g/mol. The van der Waals surface area contributed by atoms with Crippen molar-refractivity contribution < 1.29 is 14.7 Å². The lowest BCUT2D eigenvalue weighted by Gasteiger charge is -2.32. The standard InChI is InChI=1S/C34H34N4O4/c39-32(40)13-7-4-10-24-21-26-22-25(14-15-28(26)35-30(24)20-23-8-2-1-3-9-23)33(41)37-18-16-27(17-19-37)38-31-12-6-5-11-29(31)36-34(38)42/h1-3,5-6,8-9,11-12,14-15,21-22,27H,4,7,10,13,16-20H2,(H,36,42)(H,39,40). The Balaban J connectivity index is 1.20. The highest BCUT2D eigenvalue weighted by molar-refractivity contribution is 5.98. The molecular weight excluding hydrogens is 528 g/mol. The summed E-state index contributed by atoms with van der Waals surface area (Å²) in [6.45, 7) is 1.16. The maximum absolute atomic E-state index is 13.6. The van der Waals surface area contributed by atoms with E-state index in [0.717, 1.165) is 46.0 Å². The molecule has 1 aliphatic rings. The number of rotatable bonds is 9. The minimum atomic E-state index is -0.781. The zero-order valence-electron chi connectivity index (χ0n) is 23.5. The van der Waals surface area contributed by atoms with Crippen LogP contribution in [0.25, 0.3) is 21.9 Å². The molecule has 2 N–H and O–H groups in total. The largest absolute Gasteiger partial charge is 0.481 e. The van der Waals surface area contributed by atoms with Crippen LogP contribution in [0, 0.1) is 0 Å². The molecule has 1 fully saturated rings. The quantitative estimate of drug-likeness (QED) is 0.223. The number of carbonyl (C=O) groups excluding carboxylic acids is 1. The molecule has 1 amide bonds. The Hall–Kier alpha value is -4.72. The number of nitrogens with zero attached hydrogens (tertiary/aromatic N) is 3. The number of carboxylic acid groups (broad SMARTS) is 1. The third kappa shape index (κ3) is 5.84. The van der Waals surface area contributed by atoms with Crippen LogP contribution >= 0.6 is 0 Å². The number of carbonyl (C=O) groups is 2. The highest BCUT2D eigenvalue weighted by Crippen LogP contribution is 2.27. The van der Waals surface area contributed by atoms with Crippen LogP contribution in [0.5, 0.6) is 0 Å². The zero-order valence-corrected chi connectivity index (χ0v) is 23.5. The molecule has 8 nitrogen and oxygen atoms in total. The molecule has 0 radical (unpaired) electrons. The van der Waals surface area contributed by atoms with Gasteiger partial charge in [-0.05, 0) is 79.6 Å². The predicted octanol–water partition coefficient (Wildman–Crippen LogP) is 5.74. The third-order valence-electron chi connectivity index (χ3n) is 8.27. The predicted molar refractivity (Wildman–Crippen MR) is 163 cm³/mol. The first-order valence-corrected chi connectivity index (χ1v) is 14.6. The maximum Gasteiger partial charge on any atom is 0.326 e. The van der Waals surface area contributed by atoms with Crippen LogP contribution in [0.4, 0.5) is 0 Å².